The molecule has 12 heavy (non-hydrogen) atoms. The minimum atomic E-state index is -0.0787. The molecule has 4 heteroatoms. The Morgan fingerprint density at radius 2 is 2.25 bits per heavy atom. The van der Waals surface area contributed by atoms with Crippen LogP contribution in [0.2, 0.25) is 0 Å². The number of aromatic amines is 1. The lowest BCUT2D eigenvalue weighted by Crippen LogP contribution is -2.07. The first-order valence-electron chi connectivity index (χ1n) is 3.41. The molecule has 0 radical (unpaired) electrons. The lowest BCUT2D eigenvalue weighted by Gasteiger charge is -1.95. The molecule has 0 saturated heterocycles. The van der Waals surface area contributed by atoms with Gasteiger partial charge in [0.25, 0.3) is 5.56 Å². The number of nitrogens with zero attached hydrogens (tertiary/aromatic N) is 1. The van der Waals surface area contributed by atoms with Gasteiger partial charge in [-0.1, -0.05) is 6.07 Å². The van der Waals surface area contributed by atoms with E-state index >= 15 is 0 Å². The van der Waals surface area contributed by atoms with Crippen LogP contribution >= 0.6 is 22.6 Å². The molecule has 0 saturated carbocycles. The maximum atomic E-state index is 11.3. The van der Waals surface area contributed by atoms with Gasteiger partial charge in [-0.2, -0.15) is 0 Å². The summed E-state index contributed by atoms with van der Waals surface area (Å²) in [5.74, 6) is 0. The summed E-state index contributed by atoms with van der Waals surface area (Å²) in [6.45, 7) is 0. The molecule has 0 atom stereocenters. The number of H-pyrrole nitrogens is 1. The minimum absolute atomic E-state index is 0.0787. The summed E-state index contributed by atoms with van der Waals surface area (Å²) in [6, 6.07) is 5.60. The maximum absolute atomic E-state index is 11.3. The van der Waals surface area contributed by atoms with Crippen molar-refractivity contribution < 1.29 is 0 Å². The standard InChI is InChI=1S/C8H5IN2O/c9-5-2-1-3-6-7(5)8(12)11-4-10-6/h1-4H,(H,10,11,12). The van der Waals surface area contributed by atoms with E-state index in [2.05, 4.69) is 32.6 Å². The van der Waals surface area contributed by atoms with Crippen LogP contribution in [0.4, 0.5) is 0 Å². The van der Waals surface area contributed by atoms with E-state index in [1.54, 1.807) is 0 Å². The van der Waals surface area contributed by atoms with Gasteiger partial charge in [-0.3, -0.25) is 4.79 Å². The Hall–Kier alpha value is -0.910. The van der Waals surface area contributed by atoms with Crippen molar-refractivity contribution in [2.45, 2.75) is 0 Å². The average Bonchev–Trinajstić information content (AvgIpc) is 2.04. The molecule has 0 aliphatic heterocycles. The Morgan fingerprint density at radius 1 is 1.42 bits per heavy atom. The number of fused-ring (bicyclic) bond motifs is 1. The van der Waals surface area contributed by atoms with Gasteiger partial charge >= 0.3 is 0 Å². The molecule has 0 spiro atoms. The summed E-state index contributed by atoms with van der Waals surface area (Å²) in [4.78, 5) is 17.9. The zero-order valence-electron chi connectivity index (χ0n) is 6.04. The van der Waals surface area contributed by atoms with Crippen LogP contribution in [0.25, 0.3) is 10.9 Å². The van der Waals surface area contributed by atoms with Crippen LogP contribution < -0.4 is 5.56 Å². The van der Waals surface area contributed by atoms with Gasteiger partial charge in [0, 0.05) is 3.57 Å². The molecule has 0 fully saturated rings. The van der Waals surface area contributed by atoms with E-state index < -0.39 is 0 Å². The van der Waals surface area contributed by atoms with Crippen LogP contribution in [0.15, 0.2) is 29.3 Å². The fourth-order valence-electron chi connectivity index (χ4n) is 1.08. The fraction of sp³-hybridized carbons (Fsp3) is 0. The zero-order chi connectivity index (χ0) is 8.55. The Labute approximate surface area is 82.0 Å². The molecule has 2 rings (SSSR count). The SMILES string of the molecule is O=c1[nH]cnc2cccc(I)c12. The van der Waals surface area contributed by atoms with Crippen molar-refractivity contribution in [2.24, 2.45) is 0 Å². The van der Waals surface area contributed by atoms with Crippen molar-refractivity contribution in [1.82, 2.24) is 9.97 Å². The molecular weight excluding hydrogens is 267 g/mol. The van der Waals surface area contributed by atoms with E-state index in [4.69, 9.17) is 0 Å². The summed E-state index contributed by atoms with van der Waals surface area (Å²) in [7, 11) is 0. The maximum Gasteiger partial charge on any atom is 0.259 e. The number of rotatable bonds is 0. The Bertz CT molecular complexity index is 472. The van der Waals surface area contributed by atoms with Gasteiger partial charge in [-0.15, -0.1) is 0 Å². The fourth-order valence-corrected chi connectivity index (χ4v) is 1.81. The zero-order valence-corrected chi connectivity index (χ0v) is 8.20. The highest BCUT2D eigenvalue weighted by molar-refractivity contribution is 14.1. The van der Waals surface area contributed by atoms with E-state index in [-0.39, 0.29) is 5.56 Å². The summed E-state index contributed by atoms with van der Waals surface area (Å²) >= 11 is 2.12. The van der Waals surface area contributed by atoms with Gasteiger partial charge in [0.1, 0.15) is 0 Å². The molecule has 1 aromatic heterocycles. The van der Waals surface area contributed by atoms with Gasteiger partial charge < -0.3 is 4.98 Å². The second-order valence-corrected chi connectivity index (χ2v) is 3.53. The molecule has 3 nitrogen and oxygen atoms in total. The number of hydrogen-bond donors (Lipinski definition) is 1. The van der Waals surface area contributed by atoms with Crippen molar-refractivity contribution in [3.05, 3.63) is 38.5 Å². The molecule has 2 aromatic rings. The van der Waals surface area contributed by atoms with Crippen molar-refractivity contribution in [1.29, 1.82) is 0 Å². The van der Waals surface area contributed by atoms with Crippen LogP contribution in [-0.2, 0) is 0 Å². The quantitative estimate of drug-likeness (QED) is 0.739. The largest absolute Gasteiger partial charge is 0.313 e. The highest BCUT2D eigenvalue weighted by Gasteiger charge is 2.01. The van der Waals surface area contributed by atoms with Crippen LogP contribution in [-0.4, -0.2) is 9.97 Å². The predicted molar refractivity (Wildman–Crippen MR) is 55.1 cm³/mol. The predicted octanol–water partition coefficient (Wildman–Crippen LogP) is 1.53. The van der Waals surface area contributed by atoms with Crippen LogP contribution in [0.5, 0.6) is 0 Å². The lowest BCUT2D eigenvalue weighted by molar-refractivity contribution is 1.17. The molecule has 1 aromatic carbocycles. The third-order valence-corrected chi connectivity index (χ3v) is 2.52. The second kappa shape index (κ2) is 2.85. The molecule has 0 aliphatic carbocycles. The smallest absolute Gasteiger partial charge is 0.259 e. The molecule has 1 N–H and O–H groups in total. The summed E-state index contributed by atoms with van der Waals surface area (Å²) in [6.07, 6.45) is 1.42. The van der Waals surface area contributed by atoms with E-state index in [9.17, 15) is 4.79 Å². The number of halogens is 1. The van der Waals surface area contributed by atoms with Crippen molar-refractivity contribution >= 4 is 33.5 Å². The first-order chi connectivity index (χ1) is 5.79. The van der Waals surface area contributed by atoms with Gasteiger partial charge in [0.2, 0.25) is 0 Å². The second-order valence-electron chi connectivity index (χ2n) is 2.37. The highest BCUT2D eigenvalue weighted by Crippen LogP contribution is 2.13. The van der Waals surface area contributed by atoms with Crippen molar-refractivity contribution in [3.8, 4) is 0 Å². The van der Waals surface area contributed by atoms with E-state index in [1.807, 2.05) is 18.2 Å². The third-order valence-electron chi connectivity index (χ3n) is 1.62. The Kier molecular flexibility index (Phi) is 1.84. The Morgan fingerprint density at radius 3 is 3.00 bits per heavy atom. The van der Waals surface area contributed by atoms with Crippen molar-refractivity contribution in [3.63, 3.8) is 0 Å². The summed E-state index contributed by atoms with van der Waals surface area (Å²) in [5.41, 5.74) is 0.663. The first kappa shape index (κ1) is 7.72. The van der Waals surface area contributed by atoms with E-state index in [0.717, 1.165) is 9.09 Å². The topological polar surface area (TPSA) is 45.8 Å². The van der Waals surface area contributed by atoms with Gasteiger partial charge in [-0.05, 0) is 34.7 Å². The number of nitrogens with one attached hydrogen (secondary N) is 1. The lowest BCUT2D eigenvalue weighted by atomic mass is 10.2. The number of hydrogen-bond acceptors (Lipinski definition) is 2. The summed E-state index contributed by atoms with van der Waals surface area (Å²) < 4.78 is 0.930. The average molecular weight is 272 g/mol. The molecular formula is C8H5IN2O. The summed E-state index contributed by atoms with van der Waals surface area (Å²) in [5, 5.41) is 0.667. The van der Waals surface area contributed by atoms with Crippen LogP contribution in [0.1, 0.15) is 0 Å². The molecule has 0 aliphatic rings. The molecule has 1 heterocycles. The normalized spacial score (nSPS) is 10.4. The molecule has 0 unspecified atom stereocenters. The van der Waals surface area contributed by atoms with Crippen LogP contribution in [0.3, 0.4) is 0 Å². The van der Waals surface area contributed by atoms with E-state index in [0.29, 0.717) is 5.39 Å². The third kappa shape index (κ3) is 1.12. The highest BCUT2D eigenvalue weighted by atomic mass is 127. The van der Waals surface area contributed by atoms with Crippen molar-refractivity contribution in [2.75, 3.05) is 0 Å². The monoisotopic (exact) mass is 272 g/mol. The number of aromatic nitrogens is 2. The number of benzene rings is 1. The molecule has 0 bridgehead atoms. The van der Waals surface area contributed by atoms with Gasteiger partial charge in [0.05, 0.1) is 17.2 Å². The first-order valence-corrected chi connectivity index (χ1v) is 4.49. The molecule has 60 valence electrons. The minimum Gasteiger partial charge on any atom is -0.313 e. The molecule has 0 amide bonds. The van der Waals surface area contributed by atoms with Gasteiger partial charge in [0.15, 0.2) is 0 Å². The van der Waals surface area contributed by atoms with Crippen LogP contribution in [0, 0.1) is 3.57 Å². The van der Waals surface area contributed by atoms with E-state index in [1.165, 1.54) is 6.33 Å². The Balaban J connectivity index is 3.07. The van der Waals surface area contributed by atoms with Gasteiger partial charge in [-0.25, -0.2) is 4.98 Å².